The van der Waals surface area contributed by atoms with E-state index in [0.717, 1.165) is 15.4 Å². The minimum Gasteiger partial charge on any atom is -0.481 e. The molecule has 0 radical (unpaired) electrons. The number of fused-ring (bicyclic) bond motifs is 1. The molecule has 122 valence electrons. The second-order valence-electron chi connectivity index (χ2n) is 5.59. The molecule has 0 bridgehead atoms. The van der Waals surface area contributed by atoms with E-state index in [-0.39, 0.29) is 24.6 Å². The first-order valence-corrected chi connectivity index (χ1v) is 8.05. The van der Waals surface area contributed by atoms with Crippen molar-refractivity contribution in [3.05, 3.63) is 34.0 Å². The molecule has 2 heterocycles. The van der Waals surface area contributed by atoms with Crippen LogP contribution in [0.5, 0.6) is 0 Å². The van der Waals surface area contributed by atoms with E-state index < -0.39 is 12.1 Å². The van der Waals surface area contributed by atoms with Crippen molar-refractivity contribution in [1.82, 2.24) is 4.90 Å². The summed E-state index contributed by atoms with van der Waals surface area (Å²) in [7, 11) is 0. The number of hydrogen-bond acceptors (Lipinski definition) is 4. The maximum atomic E-state index is 12.6. The van der Waals surface area contributed by atoms with Crippen LogP contribution in [0.25, 0.3) is 11.0 Å². The smallest absolute Gasteiger partial charge is 0.306 e. The average Bonchev–Trinajstić information content (AvgIpc) is 2.90. The van der Waals surface area contributed by atoms with Crippen molar-refractivity contribution in [2.24, 2.45) is 0 Å². The van der Waals surface area contributed by atoms with Gasteiger partial charge in [0.2, 0.25) is 0 Å². The van der Waals surface area contributed by atoms with Crippen molar-refractivity contribution in [1.29, 1.82) is 0 Å². The number of amides is 1. The standard InChI is InChI=1S/C16H16BrNO5/c1-9-4-11(17)5-10-6-13(23-15(9)10)16(21)18-2-3-22-12(8-18)7-14(19)20/h4-6,12H,2-3,7-8H2,1H3,(H,19,20). The van der Waals surface area contributed by atoms with Gasteiger partial charge in [-0.2, -0.15) is 0 Å². The van der Waals surface area contributed by atoms with E-state index in [0.29, 0.717) is 18.7 Å². The number of carboxylic acids is 1. The highest BCUT2D eigenvalue weighted by Gasteiger charge is 2.28. The Morgan fingerprint density at radius 2 is 2.17 bits per heavy atom. The Morgan fingerprint density at radius 3 is 2.91 bits per heavy atom. The van der Waals surface area contributed by atoms with Gasteiger partial charge in [0.15, 0.2) is 5.76 Å². The molecule has 1 N–H and O–H groups in total. The Labute approximate surface area is 141 Å². The molecular formula is C16H16BrNO5. The number of rotatable bonds is 3. The molecule has 1 saturated heterocycles. The molecular weight excluding hydrogens is 366 g/mol. The van der Waals surface area contributed by atoms with Gasteiger partial charge < -0.3 is 19.2 Å². The van der Waals surface area contributed by atoms with Crippen LogP contribution in [0, 0.1) is 6.92 Å². The molecule has 0 saturated carbocycles. The van der Waals surface area contributed by atoms with Crippen LogP contribution in [0.3, 0.4) is 0 Å². The molecule has 1 aliphatic rings. The minimum absolute atomic E-state index is 0.115. The summed E-state index contributed by atoms with van der Waals surface area (Å²) >= 11 is 3.43. The fourth-order valence-corrected chi connectivity index (χ4v) is 3.36. The number of benzene rings is 1. The van der Waals surface area contributed by atoms with E-state index in [9.17, 15) is 9.59 Å². The lowest BCUT2D eigenvalue weighted by Crippen LogP contribution is -2.46. The van der Waals surface area contributed by atoms with Crippen LogP contribution in [0.1, 0.15) is 22.5 Å². The number of morpholine rings is 1. The first kappa shape index (κ1) is 16.0. The fourth-order valence-electron chi connectivity index (χ4n) is 2.77. The zero-order valence-electron chi connectivity index (χ0n) is 12.5. The lowest BCUT2D eigenvalue weighted by atomic mass is 10.1. The van der Waals surface area contributed by atoms with Gasteiger partial charge in [0.25, 0.3) is 5.91 Å². The van der Waals surface area contributed by atoms with E-state index in [1.165, 1.54) is 0 Å². The highest BCUT2D eigenvalue weighted by molar-refractivity contribution is 9.10. The molecule has 6 nitrogen and oxygen atoms in total. The topological polar surface area (TPSA) is 80.0 Å². The first-order chi connectivity index (χ1) is 10.9. The summed E-state index contributed by atoms with van der Waals surface area (Å²) in [5.41, 5.74) is 1.63. The van der Waals surface area contributed by atoms with Crippen LogP contribution in [0.2, 0.25) is 0 Å². The van der Waals surface area contributed by atoms with Gasteiger partial charge in [-0.1, -0.05) is 15.9 Å². The van der Waals surface area contributed by atoms with E-state index >= 15 is 0 Å². The molecule has 2 aromatic rings. The Kier molecular flexibility index (Phi) is 4.41. The summed E-state index contributed by atoms with van der Waals surface area (Å²) in [4.78, 5) is 25.0. The predicted molar refractivity (Wildman–Crippen MR) is 86.5 cm³/mol. The van der Waals surface area contributed by atoms with Crippen molar-refractivity contribution in [3.63, 3.8) is 0 Å². The Bertz CT molecular complexity index is 769. The molecule has 7 heteroatoms. The van der Waals surface area contributed by atoms with E-state index in [2.05, 4.69) is 15.9 Å². The van der Waals surface area contributed by atoms with E-state index in [4.69, 9.17) is 14.3 Å². The number of carbonyl (C=O) groups excluding carboxylic acids is 1. The van der Waals surface area contributed by atoms with Gasteiger partial charge in [-0.15, -0.1) is 0 Å². The van der Waals surface area contributed by atoms with Gasteiger partial charge >= 0.3 is 5.97 Å². The summed E-state index contributed by atoms with van der Waals surface area (Å²) in [5.74, 6) is -0.916. The van der Waals surface area contributed by atoms with Crippen LogP contribution >= 0.6 is 15.9 Å². The first-order valence-electron chi connectivity index (χ1n) is 7.26. The molecule has 1 amide bonds. The SMILES string of the molecule is Cc1cc(Br)cc2cc(C(=O)N3CCOC(CC(=O)O)C3)oc12. The Morgan fingerprint density at radius 1 is 1.39 bits per heavy atom. The third kappa shape index (κ3) is 3.40. The quantitative estimate of drug-likeness (QED) is 0.883. The largest absolute Gasteiger partial charge is 0.481 e. The highest BCUT2D eigenvalue weighted by Crippen LogP contribution is 2.28. The highest BCUT2D eigenvalue weighted by atomic mass is 79.9. The maximum Gasteiger partial charge on any atom is 0.306 e. The van der Waals surface area contributed by atoms with Gasteiger partial charge in [-0.25, -0.2) is 0 Å². The number of aliphatic carboxylic acids is 1. The molecule has 1 fully saturated rings. The maximum absolute atomic E-state index is 12.6. The lowest BCUT2D eigenvalue weighted by molar-refractivity contribution is -0.141. The molecule has 3 rings (SSSR count). The van der Waals surface area contributed by atoms with Crippen molar-refractivity contribution in [2.75, 3.05) is 19.7 Å². The van der Waals surface area contributed by atoms with Crippen molar-refractivity contribution in [3.8, 4) is 0 Å². The molecule has 1 atom stereocenters. The lowest BCUT2D eigenvalue weighted by Gasteiger charge is -2.31. The van der Waals surface area contributed by atoms with Gasteiger partial charge in [-0.05, 0) is 30.7 Å². The second kappa shape index (κ2) is 6.33. The van der Waals surface area contributed by atoms with Crippen LogP contribution in [-0.4, -0.2) is 47.7 Å². The predicted octanol–water partition coefficient (Wildman–Crippen LogP) is 2.82. The third-order valence-corrected chi connectivity index (χ3v) is 4.26. The van der Waals surface area contributed by atoms with Gasteiger partial charge in [0.05, 0.1) is 19.1 Å². The molecule has 1 aromatic heterocycles. The molecule has 0 aliphatic carbocycles. The Hall–Kier alpha value is -1.86. The van der Waals surface area contributed by atoms with Crippen molar-refractivity contribution < 1.29 is 23.8 Å². The van der Waals surface area contributed by atoms with Gasteiger partial charge in [-0.3, -0.25) is 9.59 Å². The number of carboxylic acid groups (broad SMARTS) is 1. The van der Waals surface area contributed by atoms with E-state index in [1.54, 1.807) is 11.0 Å². The summed E-state index contributed by atoms with van der Waals surface area (Å²) < 4.78 is 12.0. The van der Waals surface area contributed by atoms with Crippen LogP contribution in [0.4, 0.5) is 0 Å². The number of furan rings is 1. The minimum atomic E-state index is -0.937. The van der Waals surface area contributed by atoms with Crippen molar-refractivity contribution in [2.45, 2.75) is 19.4 Å². The Balaban J connectivity index is 1.82. The number of hydrogen-bond donors (Lipinski definition) is 1. The summed E-state index contributed by atoms with van der Waals surface area (Å²) in [6.07, 6.45) is -0.596. The number of nitrogens with zero attached hydrogens (tertiary/aromatic N) is 1. The molecule has 1 aliphatic heterocycles. The summed E-state index contributed by atoms with van der Waals surface area (Å²) in [5, 5.41) is 9.71. The summed E-state index contributed by atoms with van der Waals surface area (Å²) in [6.45, 7) is 2.93. The fraction of sp³-hybridized carbons (Fsp3) is 0.375. The van der Waals surface area contributed by atoms with Crippen LogP contribution in [-0.2, 0) is 9.53 Å². The number of carbonyl (C=O) groups is 2. The molecule has 1 aromatic carbocycles. The van der Waals surface area contributed by atoms with E-state index in [1.807, 2.05) is 19.1 Å². The van der Waals surface area contributed by atoms with Gasteiger partial charge in [0.1, 0.15) is 5.58 Å². The monoisotopic (exact) mass is 381 g/mol. The number of halogens is 1. The molecule has 23 heavy (non-hydrogen) atoms. The van der Waals surface area contributed by atoms with Crippen LogP contribution < -0.4 is 0 Å². The molecule has 1 unspecified atom stereocenters. The zero-order valence-corrected chi connectivity index (χ0v) is 14.1. The zero-order chi connectivity index (χ0) is 16.6. The number of ether oxygens (including phenoxy) is 1. The normalized spacial score (nSPS) is 18.3. The van der Waals surface area contributed by atoms with Crippen molar-refractivity contribution >= 4 is 38.8 Å². The number of aryl methyl sites for hydroxylation is 1. The third-order valence-electron chi connectivity index (χ3n) is 3.81. The summed E-state index contributed by atoms with van der Waals surface area (Å²) in [6, 6.07) is 5.55. The average molecular weight is 382 g/mol. The van der Waals surface area contributed by atoms with Gasteiger partial charge in [0, 0.05) is 22.9 Å². The van der Waals surface area contributed by atoms with Crippen LogP contribution in [0.15, 0.2) is 27.1 Å². The second-order valence-corrected chi connectivity index (χ2v) is 6.51. The molecule has 0 spiro atoms.